The van der Waals surface area contributed by atoms with Crippen LogP contribution in [0.15, 0.2) is 28.7 Å². The van der Waals surface area contributed by atoms with Crippen LogP contribution >= 0.6 is 0 Å². The fourth-order valence-corrected chi connectivity index (χ4v) is 2.88. The molecular formula is C17H22N2O2. The van der Waals surface area contributed by atoms with Crippen LogP contribution in [0.5, 0.6) is 0 Å². The molecule has 0 spiro atoms. The van der Waals surface area contributed by atoms with Crippen molar-refractivity contribution in [3.05, 3.63) is 35.6 Å². The summed E-state index contributed by atoms with van der Waals surface area (Å²) in [6.45, 7) is 7.02. The van der Waals surface area contributed by atoms with Gasteiger partial charge in [-0.05, 0) is 18.6 Å². The highest BCUT2D eigenvalue weighted by atomic mass is 16.3. The van der Waals surface area contributed by atoms with Crippen molar-refractivity contribution in [3.63, 3.8) is 0 Å². The summed E-state index contributed by atoms with van der Waals surface area (Å²) in [6.07, 6.45) is 1.02. The summed E-state index contributed by atoms with van der Waals surface area (Å²) in [5, 5.41) is 4.44. The number of aryl methyl sites for hydroxylation is 1. The van der Waals surface area contributed by atoms with Crippen molar-refractivity contribution in [1.82, 2.24) is 10.2 Å². The molecule has 1 aromatic carbocycles. The smallest absolute Gasteiger partial charge is 0.141 e. The van der Waals surface area contributed by atoms with Crippen LogP contribution < -0.4 is 5.32 Å². The Morgan fingerprint density at radius 1 is 1.29 bits per heavy atom. The molecule has 1 saturated heterocycles. The number of hydrogen-bond donors (Lipinski definition) is 1. The van der Waals surface area contributed by atoms with Gasteiger partial charge in [0.25, 0.3) is 0 Å². The summed E-state index contributed by atoms with van der Waals surface area (Å²) in [5.41, 5.74) is 1.97. The summed E-state index contributed by atoms with van der Waals surface area (Å²) >= 11 is 0. The zero-order chi connectivity index (χ0) is 14.7. The lowest BCUT2D eigenvalue weighted by atomic mass is 10.1. The molecular weight excluding hydrogens is 264 g/mol. The van der Waals surface area contributed by atoms with Gasteiger partial charge in [0.05, 0.1) is 6.42 Å². The second kappa shape index (κ2) is 6.41. The van der Waals surface area contributed by atoms with Crippen LogP contribution in [-0.2, 0) is 11.2 Å². The number of nitrogens with zero attached hydrogens (tertiary/aromatic N) is 1. The van der Waals surface area contributed by atoms with Crippen molar-refractivity contribution in [2.45, 2.75) is 19.8 Å². The maximum Gasteiger partial charge on any atom is 0.141 e. The van der Waals surface area contributed by atoms with Gasteiger partial charge in [0.1, 0.15) is 17.1 Å². The van der Waals surface area contributed by atoms with Gasteiger partial charge >= 0.3 is 0 Å². The van der Waals surface area contributed by atoms with Gasteiger partial charge in [-0.1, -0.05) is 18.2 Å². The topological polar surface area (TPSA) is 45.5 Å². The van der Waals surface area contributed by atoms with Crippen LogP contribution in [0.25, 0.3) is 11.0 Å². The molecule has 0 saturated carbocycles. The highest BCUT2D eigenvalue weighted by Gasteiger charge is 2.15. The monoisotopic (exact) mass is 286 g/mol. The molecule has 0 atom stereocenters. The van der Waals surface area contributed by atoms with Gasteiger partial charge in [-0.2, -0.15) is 0 Å². The molecule has 0 unspecified atom stereocenters. The van der Waals surface area contributed by atoms with E-state index in [1.54, 1.807) is 0 Å². The van der Waals surface area contributed by atoms with Crippen molar-refractivity contribution in [3.8, 4) is 0 Å². The molecule has 0 radical (unpaired) electrons. The average Bonchev–Trinajstić information content (AvgIpc) is 2.83. The number of hydrogen-bond acceptors (Lipinski definition) is 4. The van der Waals surface area contributed by atoms with Crippen molar-refractivity contribution in [1.29, 1.82) is 0 Å². The number of benzene rings is 1. The highest BCUT2D eigenvalue weighted by Crippen LogP contribution is 2.25. The molecule has 0 bridgehead atoms. The lowest BCUT2D eigenvalue weighted by Crippen LogP contribution is -2.44. The number of rotatable bonds is 5. The fourth-order valence-electron chi connectivity index (χ4n) is 2.88. The number of ketones is 1. The van der Waals surface area contributed by atoms with Gasteiger partial charge in [-0.25, -0.2) is 0 Å². The van der Waals surface area contributed by atoms with Crippen LogP contribution in [-0.4, -0.2) is 43.4 Å². The van der Waals surface area contributed by atoms with E-state index in [-0.39, 0.29) is 5.78 Å². The van der Waals surface area contributed by atoms with Crippen molar-refractivity contribution >= 4 is 16.8 Å². The Morgan fingerprint density at radius 2 is 2.05 bits per heavy atom. The number of Topliss-reactive ketones (excluding diaryl/α,β-unsaturated/α-hetero) is 1. The lowest BCUT2D eigenvalue weighted by Gasteiger charge is -2.26. The first-order valence-corrected chi connectivity index (χ1v) is 7.66. The first-order valence-electron chi connectivity index (χ1n) is 7.66. The van der Waals surface area contributed by atoms with Crippen LogP contribution in [0.1, 0.15) is 17.7 Å². The Hall–Kier alpha value is -1.65. The van der Waals surface area contributed by atoms with E-state index in [1.807, 2.05) is 31.2 Å². The maximum atomic E-state index is 12.2. The van der Waals surface area contributed by atoms with Gasteiger partial charge in [0.2, 0.25) is 0 Å². The van der Waals surface area contributed by atoms with E-state index >= 15 is 0 Å². The number of fused-ring (bicyclic) bond motifs is 1. The van der Waals surface area contributed by atoms with E-state index in [2.05, 4.69) is 10.2 Å². The number of carbonyl (C=O) groups is 1. The van der Waals surface area contributed by atoms with Gasteiger partial charge in [0.15, 0.2) is 0 Å². The Balaban J connectivity index is 1.59. The Bertz CT molecular complexity index is 627. The molecule has 1 aliphatic rings. The van der Waals surface area contributed by atoms with E-state index in [1.165, 1.54) is 0 Å². The minimum absolute atomic E-state index is 0.260. The zero-order valence-electron chi connectivity index (χ0n) is 12.5. The fraction of sp³-hybridized carbons (Fsp3) is 0.471. The quantitative estimate of drug-likeness (QED) is 0.915. The molecule has 4 heteroatoms. The van der Waals surface area contributed by atoms with Crippen LogP contribution in [0.2, 0.25) is 0 Å². The molecule has 0 aliphatic carbocycles. The first-order chi connectivity index (χ1) is 10.2. The Kier molecular flexibility index (Phi) is 4.36. The predicted molar refractivity (Wildman–Crippen MR) is 83.6 cm³/mol. The lowest BCUT2D eigenvalue weighted by molar-refractivity contribution is -0.119. The molecule has 1 fully saturated rings. The van der Waals surface area contributed by atoms with Crippen LogP contribution in [0, 0.1) is 6.92 Å². The van der Waals surface area contributed by atoms with E-state index in [0.717, 1.165) is 55.0 Å². The standard InChI is InChI=1S/C17H22N2O2/c1-13-15-4-2-3-5-16(15)21-17(13)12-14(20)6-9-19-10-7-18-8-11-19/h2-5,18H,6-12H2,1H3. The average molecular weight is 286 g/mol. The highest BCUT2D eigenvalue weighted by molar-refractivity contribution is 5.86. The van der Waals surface area contributed by atoms with Gasteiger partial charge < -0.3 is 14.6 Å². The predicted octanol–water partition coefficient (Wildman–Crippen LogP) is 2.15. The second-order valence-corrected chi connectivity index (χ2v) is 5.70. The SMILES string of the molecule is Cc1c(CC(=O)CCN2CCNCC2)oc2ccccc12. The first kappa shape index (κ1) is 14.3. The number of furan rings is 1. The number of carbonyl (C=O) groups excluding carboxylic acids is 1. The largest absolute Gasteiger partial charge is 0.460 e. The summed E-state index contributed by atoms with van der Waals surface area (Å²) in [7, 11) is 0. The number of piperazine rings is 1. The minimum Gasteiger partial charge on any atom is -0.460 e. The zero-order valence-corrected chi connectivity index (χ0v) is 12.5. The van der Waals surface area contributed by atoms with Crippen molar-refractivity contribution in [2.24, 2.45) is 0 Å². The van der Waals surface area contributed by atoms with Gasteiger partial charge in [0, 0.05) is 44.5 Å². The summed E-state index contributed by atoms with van der Waals surface area (Å²) in [6, 6.07) is 7.96. The summed E-state index contributed by atoms with van der Waals surface area (Å²) in [5.74, 6) is 1.08. The third kappa shape index (κ3) is 3.34. The second-order valence-electron chi connectivity index (χ2n) is 5.70. The molecule has 2 aromatic rings. The van der Waals surface area contributed by atoms with Crippen LogP contribution in [0.4, 0.5) is 0 Å². The molecule has 1 aromatic heterocycles. The van der Waals surface area contributed by atoms with Crippen molar-refractivity contribution in [2.75, 3.05) is 32.7 Å². The third-order valence-corrected chi connectivity index (χ3v) is 4.22. The van der Waals surface area contributed by atoms with Crippen molar-refractivity contribution < 1.29 is 9.21 Å². The van der Waals surface area contributed by atoms with E-state index < -0.39 is 0 Å². The van der Waals surface area contributed by atoms with E-state index in [0.29, 0.717) is 12.8 Å². The van der Waals surface area contributed by atoms with Gasteiger partial charge in [-0.3, -0.25) is 4.79 Å². The van der Waals surface area contributed by atoms with E-state index in [4.69, 9.17) is 4.42 Å². The summed E-state index contributed by atoms with van der Waals surface area (Å²) < 4.78 is 5.82. The summed E-state index contributed by atoms with van der Waals surface area (Å²) in [4.78, 5) is 14.5. The number of para-hydroxylation sites is 1. The Morgan fingerprint density at radius 3 is 2.81 bits per heavy atom. The number of nitrogens with one attached hydrogen (secondary N) is 1. The molecule has 2 heterocycles. The normalized spacial score (nSPS) is 16.4. The third-order valence-electron chi connectivity index (χ3n) is 4.22. The molecule has 1 N–H and O–H groups in total. The molecule has 3 rings (SSSR count). The minimum atomic E-state index is 0.260. The molecule has 1 aliphatic heterocycles. The molecule has 4 nitrogen and oxygen atoms in total. The molecule has 21 heavy (non-hydrogen) atoms. The van der Waals surface area contributed by atoms with Gasteiger partial charge in [-0.15, -0.1) is 0 Å². The molecule has 112 valence electrons. The maximum absolute atomic E-state index is 12.2. The molecule has 0 amide bonds. The van der Waals surface area contributed by atoms with E-state index in [9.17, 15) is 4.79 Å². The Labute approximate surface area is 125 Å². The van der Waals surface area contributed by atoms with Crippen LogP contribution in [0.3, 0.4) is 0 Å².